The van der Waals surface area contributed by atoms with Gasteiger partial charge in [-0.05, 0) is 29.7 Å². The first kappa shape index (κ1) is 16.7. The lowest BCUT2D eigenvalue weighted by atomic mass is 9.96. The monoisotopic (exact) mass is 352 g/mol. The molecule has 2 aromatic carbocycles. The summed E-state index contributed by atoms with van der Waals surface area (Å²) in [6.07, 6.45) is 1.77. The normalized spacial score (nSPS) is 17.8. The van der Waals surface area contributed by atoms with E-state index in [1.165, 1.54) is 16.0 Å². The summed E-state index contributed by atoms with van der Waals surface area (Å²) in [6.45, 7) is 3.95. The van der Waals surface area contributed by atoms with Crippen LogP contribution in [0.1, 0.15) is 17.5 Å². The fraction of sp³-hybridized carbons (Fsp3) is 0.381. The molecule has 25 heavy (non-hydrogen) atoms. The molecule has 0 aliphatic carbocycles. The lowest BCUT2D eigenvalue weighted by Crippen LogP contribution is -2.61. The smallest absolute Gasteiger partial charge is 0.223 e. The van der Waals surface area contributed by atoms with Gasteiger partial charge in [0.15, 0.2) is 0 Å². The van der Waals surface area contributed by atoms with Gasteiger partial charge in [-0.15, -0.1) is 11.8 Å². The highest BCUT2D eigenvalue weighted by atomic mass is 32.2. The molecule has 0 N–H and O–H groups in total. The van der Waals surface area contributed by atoms with E-state index in [9.17, 15) is 4.79 Å². The van der Waals surface area contributed by atoms with E-state index >= 15 is 0 Å². The van der Waals surface area contributed by atoms with Gasteiger partial charge in [-0.2, -0.15) is 0 Å². The Morgan fingerprint density at radius 3 is 2.52 bits per heavy atom. The molecule has 2 aliphatic heterocycles. The summed E-state index contributed by atoms with van der Waals surface area (Å²) in [5.74, 6) is 1.17. The van der Waals surface area contributed by atoms with Crippen LogP contribution < -0.4 is 0 Å². The van der Waals surface area contributed by atoms with Crippen molar-refractivity contribution in [2.45, 2.75) is 30.3 Å². The zero-order valence-electron chi connectivity index (χ0n) is 14.4. The average molecular weight is 353 g/mol. The van der Waals surface area contributed by atoms with Crippen LogP contribution in [0.25, 0.3) is 0 Å². The summed E-state index contributed by atoms with van der Waals surface area (Å²) in [5, 5.41) is 0. The lowest BCUT2D eigenvalue weighted by Gasteiger charge is -2.47. The van der Waals surface area contributed by atoms with E-state index in [1.807, 2.05) is 23.1 Å². The molecule has 2 aliphatic rings. The summed E-state index contributed by atoms with van der Waals surface area (Å²) >= 11 is 1.76. The number of hydrogen-bond acceptors (Lipinski definition) is 3. The third kappa shape index (κ3) is 3.91. The summed E-state index contributed by atoms with van der Waals surface area (Å²) in [4.78, 5) is 18.1. The van der Waals surface area contributed by atoms with Crippen molar-refractivity contribution in [2.24, 2.45) is 0 Å². The molecule has 3 nitrogen and oxygen atoms in total. The molecule has 0 atom stereocenters. The van der Waals surface area contributed by atoms with Crippen LogP contribution in [0.3, 0.4) is 0 Å². The number of hydrogen-bond donors (Lipinski definition) is 0. The van der Waals surface area contributed by atoms with Crippen LogP contribution >= 0.6 is 11.8 Å². The van der Waals surface area contributed by atoms with Crippen molar-refractivity contribution in [3.05, 3.63) is 65.7 Å². The number of carbonyl (C=O) groups is 1. The van der Waals surface area contributed by atoms with Crippen LogP contribution in [0.5, 0.6) is 0 Å². The molecule has 0 unspecified atom stereocenters. The Balaban J connectivity index is 1.21. The summed E-state index contributed by atoms with van der Waals surface area (Å²) in [6, 6.07) is 19.6. The summed E-state index contributed by atoms with van der Waals surface area (Å²) in [5.41, 5.74) is 2.95. The van der Waals surface area contributed by atoms with Gasteiger partial charge in [0, 0.05) is 49.3 Å². The number of benzene rings is 2. The van der Waals surface area contributed by atoms with Crippen molar-refractivity contribution in [3.63, 3.8) is 0 Å². The second-order valence-corrected chi connectivity index (χ2v) is 8.02. The average Bonchev–Trinajstić information content (AvgIpc) is 2.61. The number of likely N-dealkylation sites (tertiary alicyclic amines) is 1. The van der Waals surface area contributed by atoms with Gasteiger partial charge in [-0.1, -0.05) is 42.5 Å². The van der Waals surface area contributed by atoms with E-state index in [4.69, 9.17) is 0 Å². The largest absolute Gasteiger partial charge is 0.339 e. The summed E-state index contributed by atoms with van der Waals surface area (Å²) in [7, 11) is 0. The molecule has 0 spiro atoms. The Hall–Kier alpha value is -1.78. The SMILES string of the molecule is O=C(CCSc1ccccc1)N1CC(N2CCc3ccccc3C2)C1. The van der Waals surface area contributed by atoms with Crippen molar-refractivity contribution >= 4 is 17.7 Å². The second-order valence-electron chi connectivity index (χ2n) is 6.85. The topological polar surface area (TPSA) is 23.6 Å². The highest BCUT2D eigenvalue weighted by Crippen LogP contribution is 2.25. The highest BCUT2D eigenvalue weighted by Gasteiger charge is 2.35. The number of amides is 1. The zero-order valence-corrected chi connectivity index (χ0v) is 15.3. The molecule has 0 aromatic heterocycles. The van der Waals surface area contributed by atoms with Gasteiger partial charge in [-0.3, -0.25) is 9.69 Å². The Bertz CT molecular complexity index is 728. The predicted octanol–water partition coefficient (Wildman–Crippen LogP) is 3.44. The maximum absolute atomic E-state index is 12.3. The van der Waals surface area contributed by atoms with Gasteiger partial charge in [0.1, 0.15) is 0 Å². The Labute approximate surface area is 154 Å². The molecule has 2 heterocycles. The Kier molecular flexibility index (Phi) is 5.09. The number of thioether (sulfide) groups is 1. The van der Waals surface area contributed by atoms with Crippen LogP contribution in [0.4, 0.5) is 0 Å². The molecule has 1 saturated heterocycles. The molecule has 2 aromatic rings. The maximum atomic E-state index is 12.3. The van der Waals surface area contributed by atoms with E-state index in [1.54, 1.807) is 11.8 Å². The molecule has 1 fully saturated rings. The highest BCUT2D eigenvalue weighted by molar-refractivity contribution is 7.99. The van der Waals surface area contributed by atoms with Crippen molar-refractivity contribution in [2.75, 3.05) is 25.4 Å². The maximum Gasteiger partial charge on any atom is 0.223 e. The quantitative estimate of drug-likeness (QED) is 0.770. The Morgan fingerprint density at radius 1 is 1.00 bits per heavy atom. The molecule has 0 radical (unpaired) electrons. The van der Waals surface area contributed by atoms with Crippen LogP contribution in [0.15, 0.2) is 59.5 Å². The molecule has 4 heteroatoms. The standard InChI is InChI=1S/C21H24N2OS/c24-21(11-13-25-20-8-2-1-3-9-20)23-15-19(16-23)22-12-10-17-6-4-5-7-18(17)14-22/h1-9,19H,10-16H2. The minimum atomic E-state index is 0.303. The van der Waals surface area contributed by atoms with Gasteiger partial charge in [-0.25, -0.2) is 0 Å². The summed E-state index contributed by atoms with van der Waals surface area (Å²) < 4.78 is 0. The number of rotatable bonds is 5. The molecular weight excluding hydrogens is 328 g/mol. The molecule has 0 bridgehead atoms. The third-order valence-corrected chi connectivity index (χ3v) is 6.23. The van der Waals surface area contributed by atoms with Crippen LogP contribution in [0.2, 0.25) is 0 Å². The minimum absolute atomic E-state index is 0.303. The van der Waals surface area contributed by atoms with Crippen LogP contribution in [-0.2, 0) is 17.8 Å². The van der Waals surface area contributed by atoms with Crippen molar-refractivity contribution in [3.8, 4) is 0 Å². The fourth-order valence-corrected chi connectivity index (χ4v) is 4.51. The predicted molar refractivity (Wildman–Crippen MR) is 103 cm³/mol. The van der Waals surface area contributed by atoms with Gasteiger partial charge in [0.05, 0.1) is 0 Å². The van der Waals surface area contributed by atoms with E-state index in [2.05, 4.69) is 41.3 Å². The van der Waals surface area contributed by atoms with E-state index in [0.717, 1.165) is 38.4 Å². The van der Waals surface area contributed by atoms with Crippen molar-refractivity contribution in [1.29, 1.82) is 0 Å². The first-order valence-electron chi connectivity index (χ1n) is 9.06. The number of carbonyl (C=O) groups excluding carboxylic acids is 1. The van der Waals surface area contributed by atoms with E-state index < -0.39 is 0 Å². The molecular formula is C21H24N2OS. The van der Waals surface area contributed by atoms with Gasteiger partial charge >= 0.3 is 0 Å². The third-order valence-electron chi connectivity index (χ3n) is 5.22. The minimum Gasteiger partial charge on any atom is -0.339 e. The van der Waals surface area contributed by atoms with Crippen LogP contribution in [0, 0.1) is 0 Å². The number of fused-ring (bicyclic) bond motifs is 1. The fourth-order valence-electron chi connectivity index (χ4n) is 3.65. The zero-order chi connectivity index (χ0) is 17.1. The van der Waals surface area contributed by atoms with Crippen molar-refractivity contribution in [1.82, 2.24) is 9.80 Å². The number of nitrogens with zero attached hydrogens (tertiary/aromatic N) is 2. The Morgan fingerprint density at radius 2 is 1.72 bits per heavy atom. The molecule has 1 amide bonds. The van der Waals surface area contributed by atoms with E-state index in [-0.39, 0.29) is 0 Å². The van der Waals surface area contributed by atoms with Crippen molar-refractivity contribution < 1.29 is 4.79 Å². The van der Waals surface area contributed by atoms with Gasteiger partial charge in [0.25, 0.3) is 0 Å². The first-order valence-corrected chi connectivity index (χ1v) is 10.0. The lowest BCUT2D eigenvalue weighted by molar-refractivity contribution is -0.138. The van der Waals surface area contributed by atoms with Crippen LogP contribution in [-0.4, -0.2) is 47.1 Å². The first-order chi connectivity index (χ1) is 12.3. The molecule has 4 rings (SSSR count). The molecule has 130 valence electrons. The van der Waals surface area contributed by atoms with Gasteiger partial charge in [0.2, 0.25) is 5.91 Å². The second kappa shape index (κ2) is 7.63. The van der Waals surface area contributed by atoms with E-state index in [0.29, 0.717) is 18.4 Å². The molecule has 0 saturated carbocycles. The van der Waals surface area contributed by atoms with Gasteiger partial charge < -0.3 is 4.90 Å².